The molecule has 4 nitrogen and oxygen atoms in total. The zero-order valence-electron chi connectivity index (χ0n) is 16.8. The third kappa shape index (κ3) is 6.19. The molecule has 170 valence electrons. The van der Waals surface area contributed by atoms with Crippen LogP contribution in [0.2, 0.25) is 15.1 Å². The monoisotopic (exact) mass is 496 g/mol. The number of anilines is 1. The number of rotatable bonds is 8. The minimum atomic E-state index is -5.01. The molecule has 1 atom stereocenters. The Balaban J connectivity index is 2.21. The predicted octanol–water partition coefficient (Wildman–Crippen LogP) is 6.23. The molecule has 0 aliphatic rings. The number of benzene rings is 2. The fraction of sp³-hybridized carbons (Fsp3) is 0.381. The molecule has 0 spiro atoms. The van der Waals surface area contributed by atoms with Crippen LogP contribution >= 0.6 is 34.8 Å². The third-order valence-corrected chi connectivity index (χ3v) is 5.97. The second-order valence-corrected chi connectivity index (χ2v) is 8.33. The zero-order chi connectivity index (χ0) is 23.4. The molecular weight excluding hydrogens is 476 g/mol. The van der Waals surface area contributed by atoms with Crippen molar-refractivity contribution in [3.63, 3.8) is 0 Å². The number of carbonyl (C=O) groups excluding carboxylic acids is 1. The molecule has 0 aliphatic carbocycles. The highest BCUT2D eigenvalue weighted by atomic mass is 35.5. The first-order valence-electron chi connectivity index (χ1n) is 9.43. The maximum Gasteiger partial charge on any atom is 0.423 e. The number of alkyl halides is 3. The van der Waals surface area contributed by atoms with Gasteiger partial charge in [-0.15, -0.1) is 0 Å². The molecule has 0 unspecified atom stereocenters. The Hall–Kier alpha value is -1.67. The van der Waals surface area contributed by atoms with Gasteiger partial charge in [0.15, 0.2) is 0 Å². The summed E-state index contributed by atoms with van der Waals surface area (Å²) in [5.41, 5.74) is -1.81. The van der Waals surface area contributed by atoms with Crippen LogP contribution in [0.3, 0.4) is 0 Å². The van der Waals surface area contributed by atoms with Gasteiger partial charge in [-0.05, 0) is 54.3 Å². The lowest BCUT2D eigenvalue weighted by molar-refractivity contribution is -0.260. The molecule has 0 saturated carbocycles. The Morgan fingerprint density at radius 1 is 1.10 bits per heavy atom. The Kier molecular flexibility index (Phi) is 8.50. The Morgan fingerprint density at radius 3 is 2.23 bits per heavy atom. The van der Waals surface area contributed by atoms with E-state index in [0.717, 1.165) is 29.7 Å². The van der Waals surface area contributed by atoms with Gasteiger partial charge in [0.25, 0.3) is 0 Å². The van der Waals surface area contributed by atoms with Gasteiger partial charge in [0.1, 0.15) is 0 Å². The highest BCUT2D eigenvalue weighted by Crippen LogP contribution is 2.43. The van der Waals surface area contributed by atoms with Gasteiger partial charge in [0, 0.05) is 18.7 Å². The van der Waals surface area contributed by atoms with Gasteiger partial charge in [-0.1, -0.05) is 47.8 Å². The molecule has 0 bridgehead atoms. The maximum absolute atomic E-state index is 13.8. The second-order valence-electron chi connectivity index (χ2n) is 7.13. The molecule has 0 heterocycles. The molecule has 2 aromatic carbocycles. The highest BCUT2D eigenvalue weighted by Gasteiger charge is 2.55. The van der Waals surface area contributed by atoms with Crippen LogP contribution in [-0.2, 0) is 16.9 Å². The van der Waals surface area contributed by atoms with Crippen molar-refractivity contribution in [3.8, 4) is 0 Å². The van der Waals surface area contributed by atoms with Gasteiger partial charge in [0.05, 0.1) is 21.6 Å². The van der Waals surface area contributed by atoms with E-state index in [9.17, 15) is 23.1 Å². The SMILES string of the molecule is CCCC(=O)NCc1ccc(NC[C@](O)(c2cc(Cl)c(Cl)c(Cl)c2)C(F)(F)F)cc1C. The van der Waals surface area contributed by atoms with E-state index in [1.54, 1.807) is 25.1 Å². The summed E-state index contributed by atoms with van der Waals surface area (Å²) < 4.78 is 41.4. The summed E-state index contributed by atoms with van der Waals surface area (Å²) in [7, 11) is 0. The summed E-state index contributed by atoms with van der Waals surface area (Å²) in [5.74, 6) is -0.0698. The lowest BCUT2D eigenvalue weighted by atomic mass is 9.92. The molecule has 3 N–H and O–H groups in total. The lowest BCUT2D eigenvalue weighted by Gasteiger charge is -2.32. The minimum Gasteiger partial charge on any atom is -0.381 e. The summed E-state index contributed by atoms with van der Waals surface area (Å²) in [4.78, 5) is 11.6. The highest BCUT2D eigenvalue weighted by molar-refractivity contribution is 6.48. The zero-order valence-corrected chi connectivity index (χ0v) is 19.1. The van der Waals surface area contributed by atoms with E-state index in [4.69, 9.17) is 34.8 Å². The van der Waals surface area contributed by atoms with Crippen LogP contribution in [0.15, 0.2) is 30.3 Å². The summed E-state index contributed by atoms with van der Waals surface area (Å²) in [5, 5.41) is 15.5. The van der Waals surface area contributed by atoms with E-state index in [0.29, 0.717) is 18.7 Å². The summed E-state index contributed by atoms with van der Waals surface area (Å²) in [6.45, 7) is 3.12. The molecule has 0 aromatic heterocycles. The van der Waals surface area contributed by atoms with Crippen molar-refractivity contribution in [1.82, 2.24) is 5.32 Å². The van der Waals surface area contributed by atoms with Crippen molar-refractivity contribution in [3.05, 3.63) is 62.1 Å². The molecule has 0 saturated heterocycles. The molecule has 0 fully saturated rings. The van der Waals surface area contributed by atoms with E-state index < -0.39 is 23.9 Å². The van der Waals surface area contributed by atoms with Crippen molar-refractivity contribution in [2.24, 2.45) is 0 Å². The van der Waals surface area contributed by atoms with Gasteiger partial charge in [0.2, 0.25) is 11.5 Å². The average Bonchev–Trinajstić information content (AvgIpc) is 2.68. The molecular formula is C21H22Cl3F3N2O2. The molecule has 2 rings (SSSR count). The minimum absolute atomic E-state index is 0.0698. The van der Waals surface area contributed by atoms with Gasteiger partial charge < -0.3 is 15.7 Å². The van der Waals surface area contributed by atoms with Crippen molar-refractivity contribution in [1.29, 1.82) is 0 Å². The van der Waals surface area contributed by atoms with Gasteiger partial charge in [-0.25, -0.2) is 0 Å². The van der Waals surface area contributed by atoms with Crippen molar-refractivity contribution in [2.75, 3.05) is 11.9 Å². The van der Waals surface area contributed by atoms with Crippen LogP contribution in [0.5, 0.6) is 0 Å². The average molecular weight is 498 g/mol. The number of aliphatic hydroxyl groups is 1. The van der Waals surface area contributed by atoms with E-state index in [-0.39, 0.29) is 21.0 Å². The standard InChI is InChI=1S/C21H22Cl3F3N2O2/c1-3-4-18(30)28-10-13-5-6-15(7-12(13)2)29-11-20(31,21(25,26)27)14-8-16(22)19(24)17(23)9-14/h5-9,29,31H,3-4,10-11H2,1-2H3,(H,28,30)/t20-/m0/s1. The first kappa shape index (κ1) is 25.6. The Bertz CT molecular complexity index is 931. The molecule has 1 amide bonds. The molecule has 10 heteroatoms. The van der Waals surface area contributed by atoms with Crippen LogP contribution in [0.4, 0.5) is 18.9 Å². The summed E-state index contributed by atoms with van der Waals surface area (Å²) in [6.07, 6.45) is -3.85. The van der Waals surface area contributed by atoms with E-state index in [2.05, 4.69) is 10.6 Å². The smallest absolute Gasteiger partial charge is 0.381 e. The topological polar surface area (TPSA) is 61.4 Å². The number of nitrogens with one attached hydrogen (secondary N) is 2. The van der Waals surface area contributed by atoms with Gasteiger partial charge >= 0.3 is 6.18 Å². The van der Waals surface area contributed by atoms with E-state index >= 15 is 0 Å². The number of hydrogen-bond acceptors (Lipinski definition) is 3. The first-order chi connectivity index (χ1) is 14.4. The van der Waals surface area contributed by atoms with Gasteiger partial charge in [-0.2, -0.15) is 13.2 Å². The quantitative estimate of drug-likeness (QED) is 0.379. The fourth-order valence-electron chi connectivity index (χ4n) is 2.90. The number of amides is 1. The first-order valence-corrected chi connectivity index (χ1v) is 10.6. The van der Waals surface area contributed by atoms with Crippen molar-refractivity contribution >= 4 is 46.4 Å². The molecule has 31 heavy (non-hydrogen) atoms. The predicted molar refractivity (Wildman–Crippen MR) is 118 cm³/mol. The fourth-order valence-corrected chi connectivity index (χ4v) is 3.50. The normalized spacial score (nSPS) is 13.6. The van der Waals surface area contributed by atoms with Crippen LogP contribution in [-0.4, -0.2) is 23.7 Å². The number of carbonyl (C=O) groups is 1. The van der Waals surface area contributed by atoms with Crippen LogP contribution < -0.4 is 10.6 Å². The lowest BCUT2D eigenvalue weighted by Crippen LogP contribution is -2.47. The van der Waals surface area contributed by atoms with Gasteiger partial charge in [-0.3, -0.25) is 4.79 Å². The second kappa shape index (κ2) is 10.3. The Labute approximate surface area is 193 Å². The Morgan fingerprint density at radius 2 is 1.71 bits per heavy atom. The van der Waals surface area contributed by atoms with E-state index in [1.165, 1.54) is 0 Å². The summed E-state index contributed by atoms with van der Waals surface area (Å²) in [6, 6.07) is 6.80. The van der Waals surface area contributed by atoms with Crippen LogP contribution in [0.1, 0.15) is 36.5 Å². The number of aryl methyl sites for hydroxylation is 1. The molecule has 0 aliphatic heterocycles. The van der Waals surface area contributed by atoms with E-state index in [1.807, 2.05) is 6.92 Å². The molecule has 2 aromatic rings. The third-order valence-electron chi connectivity index (χ3n) is 4.77. The largest absolute Gasteiger partial charge is 0.423 e. The number of hydrogen-bond donors (Lipinski definition) is 3. The number of halogens is 6. The molecule has 0 radical (unpaired) electrons. The maximum atomic E-state index is 13.8. The van der Waals surface area contributed by atoms with Crippen molar-refractivity contribution < 1.29 is 23.1 Å². The van der Waals surface area contributed by atoms with Crippen LogP contribution in [0.25, 0.3) is 0 Å². The summed E-state index contributed by atoms with van der Waals surface area (Å²) >= 11 is 17.5. The van der Waals surface area contributed by atoms with Crippen LogP contribution in [0, 0.1) is 6.92 Å². The van der Waals surface area contributed by atoms with Crippen molar-refractivity contribution in [2.45, 2.75) is 45.0 Å².